The van der Waals surface area contributed by atoms with Crippen LogP contribution < -0.4 is 0 Å². The summed E-state index contributed by atoms with van der Waals surface area (Å²) in [5.41, 5.74) is 0.918. The molecule has 0 N–H and O–H groups in total. The van der Waals surface area contributed by atoms with Gasteiger partial charge in [0, 0.05) is 4.47 Å². The predicted octanol–water partition coefficient (Wildman–Crippen LogP) is 2.64. The summed E-state index contributed by atoms with van der Waals surface area (Å²) in [6.45, 7) is 0. The van der Waals surface area contributed by atoms with Crippen molar-refractivity contribution in [2.75, 3.05) is 5.75 Å². The van der Waals surface area contributed by atoms with Crippen LogP contribution in [0.4, 0.5) is 0 Å². The minimum Gasteiger partial charge on any atom is -0.272 e. The molecule has 1 amide bonds. The number of halogens is 1. The number of amides is 1. The molecular weight excluding hydrogens is 308 g/mol. The third-order valence-corrected chi connectivity index (χ3v) is 3.73. The van der Waals surface area contributed by atoms with Crippen LogP contribution in [0.2, 0.25) is 0 Å². The van der Waals surface area contributed by atoms with Crippen LogP contribution >= 0.6 is 39.9 Å². The molecule has 0 unspecified atom stereocenters. The third kappa shape index (κ3) is 2.69. The Balaban J connectivity index is 2.15. The summed E-state index contributed by atoms with van der Waals surface area (Å²) >= 11 is 9.71. The summed E-state index contributed by atoms with van der Waals surface area (Å²) in [6, 6.07) is 7.66. The van der Waals surface area contributed by atoms with Crippen LogP contribution in [-0.4, -0.2) is 27.2 Å². The van der Waals surface area contributed by atoms with Crippen LogP contribution in [-0.2, 0) is 4.79 Å². The van der Waals surface area contributed by atoms with Crippen molar-refractivity contribution in [3.05, 3.63) is 34.3 Å². The Kier molecular flexibility index (Phi) is 3.73. The zero-order chi connectivity index (χ0) is 11.5. The second-order valence-electron chi connectivity index (χ2n) is 3.06. The number of carbonyl (C=O) groups is 1. The lowest BCUT2D eigenvalue weighted by atomic mass is 10.2. The van der Waals surface area contributed by atoms with E-state index in [1.54, 1.807) is 6.21 Å². The van der Waals surface area contributed by atoms with E-state index in [0.29, 0.717) is 10.1 Å². The van der Waals surface area contributed by atoms with Gasteiger partial charge in [-0.3, -0.25) is 4.79 Å². The standard InChI is InChI=1S/C10H7BrN2OS2/c11-8-3-1-2-7(4-8)5-12-13-9(14)6-16-10(13)15/h1-5H,6H2/b12-5+. The highest BCUT2D eigenvalue weighted by atomic mass is 79.9. The van der Waals surface area contributed by atoms with Crippen LogP contribution in [0.3, 0.4) is 0 Å². The van der Waals surface area contributed by atoms with E-state index in [1.807, 2.05) is 24.3 Å². The molecule has 1 aliphatic rings. The molecule has 0 spiro atoms. The first-order valence-corrected chi connectivity index (χ1v) is 6.65. The number of thiocarbonyl (C=S) groups is 1. The normalized spacial score (nSPS) is 16.4. The van der Waals surface area contributed by atoms with Gasteiger partial charge in [0.1, 0.15) is 0 Å². The van der Waals surface area contributed by atoms with E-state index >= 15 is 0 Å². The lowest BCUT2D eigenvalue weighted by Crippen LogP contribution is -2.22. The van der Waals surface area contributed by atoms with Gasteiger partial charge in [-0.1, -0.05) is 52.0 Å². The summed E-state index contributed by atoms with van der Waals surface area (Å²) in [7, 11) is 0. The van der Waals surface area contributed by atoms with Crippen molar-refractivity contribution in [1.82, 2.24) is 5.01 Å². The van der Waals surface area contributed by atoms with Crippen molar-refractivity contribution >= 4 is 56.4 Å². The largest absolute Gasteiger partial charge is 0.272 e. The number of nitrogens with zero attached hydrogens (tertiary/aromatic N) is 2. The number of carbonyl (C=O) groups excluding carboxylic acids is 1. The smallest absolute Gasteiger partial charge is 0.259 e. The number of benzene rings is 1. The first-order valence-electron chi connectivity index (χ1n) is 4.46. The predicted molar refractivity (Wildman–Crippen MR) is 73.6 cm³/mol. The maximum Gasteiger partial charge on any atom is 0.259 e. The van der Waals surface area contributed by atoms with Gasteiger partial charge in [-0.05, 0) is 17.7 Å². The Morgan fingerprint density at radius 2 is 2.38 bits per heavy atom. The SMILES string of the molecule is O=C1CSC(=S)N1/N=C/c1cccc(Br)c1. The summed E-state index contributed by atoms with van der Waals surface area (Å²) in [5, 5.41) is 5.34. The fourth-order valence-corrected chi connectivity index (χ4v) is 2.55. The summed E-state index contributed by atoms with van der Waals surface area (Å²) < 4.78 is 1.48. The van der Waals surface area contributed by atoms with E-state index in [1.165, 1.54) is 16.8 Å². The van der Waals surface area contributed by atoms with E-state index in [2.05, 4.69) is 21.0 Å². The highest BCUT2D eigenvalue weighted by molar-refractivity contribution is 9.10. The number of hydrazone groups is 1. The Bertz CT molecular complexity index is 460. The molecule has 0 aliphatic carbocycles. The van der Waals surface area contributed by atoms with Crippen LogP contribution in [0.1, 0.15) is 5.56 Å². The molecule has 1 aromatic rings. The van der Waals surface area contributed by atoms with E-state index in [4.69, 9.17) is 12.2 Å². The molecule has 0 saturated carbocycles. The van der Waals surface area contributed by atoms with Gasteiger partial charge in [-0.25, -0.2) is 0 Å². The van der Waals surface area contributed by atoms with Gasteiger partial charge in [-0.15, -0.1) is 0 Å². The number of thioether (sulfide) groups is 1. The fraction of sp³-hybridized carbons (Fsp3) is 0.100. The first kappa shape index (κ1) is 11.8. The highest BCUT2D eigenvalue weighted by Crippen LogP contribution is 2.19. The van der Waals surface area contributed by atoms with E-state index < -0.39 is 0 Å². The molecule has 1 fully saturated rings. The minimum atomic E-state index is -0.0683. The average molecular weight is 315 g/mol. The first-order chi connectivity index (χ1) is 7.66. The van der Waals surface area contributed by atoms with Gasteiger partial charge in [0.15, 0.2) is 4.32 Å². The molecule has 0 atom stereocenters. The summed E-state index contributed by atoms with van der Waals surface area (Å²) in [6.07, 6.45) is 1.63. The van der Waals surface area contributed by atoms with E-state index in [0.717, 1.165) is 10.0 Å². The number of rotatable bonds is 2. The molecular formula is C10H7BrN2OS2. The van der Waals surface area contributed by atoms with E-state index in [-0.39, 0.29) is 5.91 Å². The summed E-state index contributed by atoms with van der Waals surface area (Å²) in [5.74, 6) is 0.315. The molecule has 0 aromatic heterocycles. The molecule has 1 aromatic carbocycles. The third-order valence-electron chi connectivity index (χ3n) is 1.90. The monoisotopic (exact) mass is 314 g/mol. The molecule has 0 radical (unpaired) electrons. The van der Waals surface area contributed by atoms with Gasteiger partial charge in [0.25, 0.3) is 5.91 Å². The van der Waals surface area contributed by atoms with Gasteiger partial charge < -0.3 is 0 Å². The maximum atomic E-state index is 11.4. The van der Waals surface area contributed by atoms with Crippen LogP contribution in [0, 0.1) is 0 Å². The average Bonchev–Trinajstić information content (AvgIpc) is 2.56. The second kappa shape index (κ2) is 5.07. The van der Waals surface area contributed by atoms with Crippen LogP contribution in [0.15, 0.2) is 33.8 Å². The fourth-order valence-electron chi connectivity index (χ4n) is 1.17. The van der Waals surface area contributed by atoms with Crippen LogP contribution in [0.25, 0.3) is 0 Å². The molecule has 2 rings (SSSR count). The van der Waals surface area contributed by atoms with Gasteiger partial charge >= 0.3 is 0 Å². The number of hydrogen-bond donors (Lipinski definition) is 0. The Morgan fingerprint density at radius 1 is 1.56 bits per heavy atom. The summed E-state index contributed by atoms with van der Waals surface area (Å²) in [4.78, 5) is 11.4. The molecule has 3 nitrogen and oxygen atoms in total. The molecule has 1 aliphatic heterocycles. The molecule has 82 valence electrons. The highest BCUT2D eigenvalue weighted by Gasteiger charge is 2.25. The Labute approximate surface area is 111 Å². The zero-order valence-electron chi connectivity index (χ0n) is 8.09. The van der Waals surface area contributed by atoms with Gasteiger partial charge in [0.2, 0.25) is 0 Å². The van der Waals surface area contributed by atoms with Gasteiger partial charge in [0.05, 0.1) is 12.0 Å². The molecule has 0 bridgehead atoms. The minimum absolute atomic E-state index is 0.0683. The molecule has 6 heteroatoms. The molecule has 16 heavy (non-hydrogen) atoms. The molecule has 1 heterocycles. The van der Waals surface area contributed by atoms with E-state index in [9.17, 15) is 4.79 Å². The molecule has 1 saturated heterocycles. The van der Waals surface area contributed by atoms with Crippen molar-refractivity contribution in [1.29, 1.82) is 0 Å². The second-order valence-corrected chi connectivity index (χ2v) is 5.58. The van der Waals surface area contributed by atoms with Crippen molar-refractivity contribution in [2.45, 2.75) is 0 Å². The van der Waals surface area contributed by atoms with Gasteiger partial charge in [-0.2, -0.15) is 10.1 Å². The van der Waals surface area contributed by atoms with Crippen molar-refractivity contribution in [2.24, 2.45) is 5.10 Å². The van der Waals surface area contributed by atoms with Crippen molar-refractivity contribution < 1.29 is 4.79 Å². The van der Waals surface area contributed by atoms with Crippen molar-refractivity contribution in [3.8, 4) is 0 Å². The lowest BCUT2D eigenvalue weighted by molar-refractivity contribution is -0.123. The quantitative estimate of drug-likeness (QED) is 0.621. The zero-order valence-corrected chi connectivity index (χ0v) is 11.3. The Hall–Kier alpha value is -0.720. The topological polar surface area (TPSA) is 32.7 Å². The van der Waals surface area contributed by atoms with Crippen molar-refractivity contribution in [3.63, 3.8) is 0 Å². The Morgan fingerprint density at radius 3 is 3.00 bits per heavy atom. The van der Waals surface area contributed by atoms with Crippen LogP contribution in [0.5, 0.6) is 0 Å². The maximum absolute atomic E-state index is 11.4. The lowest BCUT2D eigenvalue weighted by Gasteiger charge is -2.06. The number of hydrogen-bond acceptors (Lipinski definition) is 4.